The highest BCUT2D eigenvalue weighted by Gasteiger charge is 2.18. The Morgan fingerprint density at radius 2 is 2.05 bits per heavy atom. The molecule has 0 fully saturated rings. The van der Waals surface area contributed by atoms with Gasteiger partial charge in [0, 0.05) is 19.6 Å². The molecule has 0 aliphatic heterocycles. The molecule has 0 spiro atoms. The first-order valence-electron chi connectivity index (χ1n) is 7.59. The van der Waals surface area contributed by atoms with Crippen molar-refractivity contribution in [1.82, 2.24) is 4.90 Å². The first-order chi connectivity index (χ1) is 10.7. The predicted molar refractivity (Wildman–Crippen MR) is 84.4 cm³/mol. The van der Waals surface area contributed by atoms with Crippen LogP contribution in [0.5, 0.6) is 0 Å². The van der Waals surface area contributed by atoms with Crippen LogP contribution in [0.2, 0.25) is 0 Å². The lowest BCUT2D eigenvalue weighted by atomic mass is 10.1. The monoisotopic (exact) mass is 307 g/mol. The summed E-state index contributed by atoms with van der Waals surface area (Å²) in [6, 6.07) is 9.65. The van der Waals surface area contributed by atoms with Crippen molar-refractivity contribution in [2.75, 3.05) is 26.9 Å². The fourth-order valence-electron chi connectivity index (χ4n) is 2.18. The lowest BCUT2D eigenvalue weighted by Gasteiger charge is -2.28. The van der Waals surface area contributed by atoms with Gasteiger partial charge in [0.2, 0.25) is 0 Å². The van der Waals surface area contributed by atoms with Crippen molar-refractivity contribution in [2.45, 2.75) is 32.4 Å². The van der Waals surface area contributed by atoms with Gasteiger partial charge in [-0.25, -0.2) is 0 Å². The zero-order valence-corrected chi connectivity index (χ0v) is 13.4. The molecule has 0 amide bonds. The first-order valence-corrected chi connectivity index (χ1v) is 7.59. The summed E-state index contributed by atoms with van der Waals surface area (Å²) in [6.45, 7) is 4.14. The number of carbonyl (C=O) groups excluding carboxylic acids is 2. The summed E-state index contributed by atoms with van der Waals surface area (Å²) >= 11 is 0. The van der Waals surface area contributed by atoms with Crippen molar-refractivity contribution in [3.05, 3.63) is 35.9 Å². The van der Waals surface area contributed by atoms with Gasteiger partial charge < -0.3 is 14.3 Å². The van der Waals surface area contributed by atoms with Gasteiger partial charge in [0.1, 0.15) is 6.29 Å². The molecule has 1 aromatic rings. The minimum atomic E-state index is -0.308. The van der Waals surface area contributed by atoms with E-state index in [-0.39, 0.29) is 12.0 Å². The molecule has 0 aliphatic carbocycles. The van der Waals surface area contributed by atoms with Crippen molar-refractivity contribution in [3.63, 3.8) is 0 Å². The van der Waals surface area contributed by atoms with E-state index in [1.54, 1.807) is 0 Å². The summed E-state index contributed by atoms with van der Waals surface area (Å²) in [5.41, 5.74) is 1.13. The number of rotatable bonds is 11. The van der Waals surface area contributed by atoms with E-state index >= 15 is 0 Å². The fourth-order valence-corrected chi connectivity index (χ4v) is 2.18. The molecule has 1 aromatic carbocycles. The van der Waals surface area contributed by atoms with E-state index in [2.05, 4.69) is 4.74 Å². The Labute approximate surface area is 132 Å². The highest BCUT2D eigenvalue weighted by Crippen LogP contribution is 2.10. The SMILES string of the molecule is CCOCC(C=O)N(CCCC(=O)OC)Cc1ccccc1. The third-order valence-corrected chi connectivity index (χ3v) is 3.40. The lowest BCUT2D eigenvalue weighted by Crippen LogP contribution is -2.40. The van der Waals surface area contributed by atoms with Gasteiger partial charge in [-0.05, 0) is 25.5 Å². The quantitative estimate of drug-likeness (QED) is 0.462. The number of nitrogens with zero attached hydrogens (tertiary/aromatic N) is 1. The van der Waals surface area contributed by atoms with E-state index in [0.717, 1.165) is 11.8 Å². The molecule has 0 aromatic heterocycles. The van der Waals surface area contributed by atoms with Crippen molar-refractivity contribution >= 4 is 12.3 Å². The summed E-state index contributed by atoms with van der Waals surface area (Å²) in [6.07, 6.45) is 1.91. The molecule has 0 N–H and O–H groups in total. The summed E-state index contributed by atoms with van der Waals surface area (Å²) in [5, 5.41) is 0. The van der Waals surface area contributed by atoms with Crippen LogP contribution in [0.3, 0.4) is 0 Å². The number of hydrogen-bond acceptors (Lipinski definition) is 5. The minimum Gasteiger partial charge on any atom is -0.469 e. The molecule has 0 saturated heterocycles. The van der Waals surface area contributed by atoms with E-state index in [0.29, 0.717) is 39.1 Å². The Kier molecular flexibility index (Phi) is 9.11. The van der Waals surface area contributed by atoms with Gasteiger partial charge in [0.25, 0.3) is 0 Å². The summed E-state index contributed by atoms with van der Waals surface area (Å²) in [7, 11) is 1.38. The van der Waals surface area contributed by atoms with Crippen LogP contribution in [-0.4, -0.2) is 50.1 Å². The van der Waals surface area contributed by atoms with E-state index < -0.39 is 0 Å². The molecule has 0 radical (unpaired) electrons. The van der Waals surface area contributed by atoms with E-state index in [1.165, 1.54) is 7.11 Å². The summed E-state index contributed by atoms with van der Waals surface area (Å²) in [4.78, 5) is 24.7. The van der Waals surface area contributed by atoms with Gasteiger partial charge in [0.15, 0.2) is 0 Å². The van der Waals surface area contributed by atoms with Crippen molar-refractivity contribution < 1.29 is 19.1 Å². The van der Waals surface area contributed by atoms with Crippen LogP contribution in [0, 0.1) is 0 Å². The molecule has 122 valence electrons. The summed E-state index contributed by atoms with van der Waals surface area (Å²) < 4.78 is 10.0. The highest BCUT2D eigenvalue weighted by atomic mass is 16.5. The number of esters is 1. The summed E-state index contributed by atoms with van der Waals surface area (Å²) in [5.74, 6) is -0.230. The lowest BCUT2D eigenvalue weighted by molar-refractivity contribution is -0.140. The van der Waals surface area contributed by atoms with Crippen LogP contribution >= 0.6 is 0 Å². The second kappa shape index (κ2) is 10.9. The van der Waals surface area contributed by atoms with Crippen LogP contribution in [0.4, 0.5) is 0 Å². The van der Waals surface area contributed by atoms with Gasteiger partial charge in [0.05, 0.1) is 19.8 Å². The number of aldehydes is 1. The molecular weight excluding hydrogens is 282 g/mol. The number of carbonyl (C=O) groups is 2. The molecule has 0 heterocycles. The molecule has 1 unspecified atom stereocenters. The Morgan fingerprint density at radius 1 is 1.32 bits per heavy atom. The molecule has 1 atom stereocenters. The number of benzene rings is 1. The fraction of sp³-hybridized carbons (Fsp3) is 0.529. The first kappa shape index (κ1) is 18.3. The van der Waals surface area contributed by atoms with Crippen LogP contribution in [-0.2, 0) is 25.6 Å². The Hall–Kier alpha value is -1.72. The molecule has 0 aliphatic rings. The Bertz CT molecular complexity index is 436. The average Bonchev–Trinajstić information content (AvgIpc) is 2.56. The number of ether oxygens (including phenoxy) is 2. The maximum Gasteiger partial charge on any atom is 0.305 e. The van der Waals surface area contributed by atoms with Crippen LogP contribution in [0.15, 0.2) is 30.3 Å². The second-order valence-corrected chi connectivity index (χ2v) is 5.00. The third kappa shape index (κ3) is 6.83. The molecule has 5 heteroatoms. The van der Waals surface area contributed by atoms with Crippen molar-refractivity contribution in [1.29, 1.82) is 0 Å². The topological polar surface area (TPSA) is 55.8 Å². The number of methoxy groups -OCH3 is 1. The van der Waals surface area contributed by atoms with Gasteiger partial charge in [-0.3, -0.25) is 9.69 Å². The maximum absolute atomic E-state index is 11.4. The normalized spacial score (nSPS) is 12.1. The predicted octanol–water partition coefficient (Wildman–Crippen LogP) is 2.05. The zero-order chi connectivity index (χ0) is 16.2. The van der Waals surface area contributed by atoms with Gasteiger partial charge in [-0.2, -0.15) is 0 Å². The van der Waals surface area contributed by atoms with Crippen molar-refractivity contribution in [2.24, 2.45) is 0 Å². The van der Waals surface area contributed by atoms with Crippen LogP contribution in [0.25, 0.3) is 0 Å². The van der Waals surface area contributed by atoms with E-state index in [9.17, 15) is 9.59 Å². The molecule has 5 nitrogen and oxygen atoms in total. The number of hydrogen-bond donors (Lipinski definition) is 0. The molecule has 0 bridgehead atoms. The van der Waals surface area contributed by atoms with Gasteiger partial charge in [-0.1, -0.05) is 30.3 Å². The van der Waals surface area contributed by atoms with E-state index in [4.69, 9.17) is 4.74 Å². The molecule has 1 rings (SSSR count). The van der Waals surface area contributed by atoms with E-state index in [1.807, 2.05) is 42.2 Å². The molecule has 0 saturated carbocycles. The van der Waals surface area contributed by atoms with Gasteiger partial charge >= 0.3 is 5.97 Å². The maximum atomic E-state index is 11.4. The largest absolute Gasteiger partial charge is 0.469 e. The van der Waals surface area contributed by atoms with Crippen LogP contribution in [0.1, 0.15) is 25.3 Å². The Morgan fingerprint density at radius 3 is 2.64 bits per heavy atom. The zero-order valence-electron chi connectivity index (χ0n) is 13.4. The molecule has 22 heavy (non-hydrogen) atoms. The highest BCUT2D eigenvalue weighted by molar-refractivity contribution is 5.69. The molecular formula is C17H25NO4. The van der Waals surface area contributed by atoms with Gasteiger partial charge in [-0.15, -0.1) is 0 Å². The minimum absolute atomic E-state index is 0.230. The Balaban J connectivity index is 2.65. The average molecular weight is 307 g/mol. The van der Waals surface area contributed by atoms with Crippen LogP contribution < -0.4 is 0 Å². The van der Waals surface area contributed by atoms with Crippen molar-refractivity contribution in [3.8, 4) is 0 Å². The smallest absolute Gasteiger partial charge is 0.305 e. The third-order valence-electron chi connectivity index (χ3n) is 3.40. The standard InChI is InChI=1S/C17H25NO4/c1-3-22-14-16(13-19)18(11-7-10-17(20)21-2)12-15-8-5-4-6-9-15/h4-6,8-9,13,16H,3,7,10-12,14H2,1-2H3. The second-order valence-electron chi connectivity index (χ2n) is 5.00.